The van der Waals surface area contributed by atoms with Crippen molar-refractivity contribution in [3.63, 3.8) is 0 Å². The molecule has 160 valence electrons. The van der Waals surface area contributed by atoms with Gasteiger partial charge in [0.1, 0.15) is 18.4 Å². The predicted molar refractivity (Wildman–Crippen MR) is 124 cm³/mol. The molecule has 2 atom stereocenters. The van der Waals surface area contributed by atoms with E-state index >= 15 is 0 Å². The van der Waals surface area contributed by atoms with Crippen molar-refractivity contribution < 1.29 is 9.59 Å². The number of benzene rings is 1. The number of thiophene rings is 1. The van der Waals surface area contributed by atoms with Gasteiger partial charge in [0.15, 0.2) is 0 Å². The first-order valence-electron chi connectivity index (χ1n) is 9.87. The molecule has 2 N–H and O–H groups in total. The summed E-state index contributed by atoms with van der Waals surface area (Å²) in [5, 5.41) is 0.806. The van der Waals surface area contributed by atoms with Gasteiger partial charge in [-0.1, -0.05) is 17.7 Å². The largest absolute Gasteiger partial charge is 0.383 e. The number of fused-ring (bicyclic) bond motifs is 1. The van der Waals surface area contributed by atoms with E-state index in [0.717, 1.165) is 27.6 Å². The molecule has 2 aromatic heterocycles. The number of hydrogen-bond acceptors (Lipinski definition) is 7. The van der Waals surface area contributed by atoms with Gasteiger partial charge in [-0.05, 0) is 42.8 Å². The molecule has 1 aromatic carbocycles. The van der Waals surface area contributed by atoms with Crippen LogP contribution in [-0.2, 0) is 16.1 Å². The highest BCUT2D eigenvalue weighted by molar-refractivity contribution is 7.17. The van der Waals surface area contributed by atoms with Gasteiger partial charge in [0, 0.05) is 42.0 Å². The molecule has 3 aromatic rings. The summed E-state index contributed by atoms with van der Waals surface area (Å²) in [6.45, 7) is 3.50. The average molecular weight is 456 g/mol. The van der Waals surface area contributed by atoms with E-state index in [4.69, 9.17) is 17.3 Å². The Hall–Kier alpha value is -2.81. The van der Waals surface area contributed by atoms with Gasteiger partial charge in [-0.2, -0.15) is 0 Å². The summed E-state index contributed by atoms with van der Waals surface area (Å²) in [4.78, 5) is 37.6. The molecule has 0 aliphatic carbocycles. The summed E-state index contributed by atoms with van der Waals surface area (Å²) in [5.74, 6) is 0.335. The van der Waals surface area contributed by atoms with Gasteiger partial charge in [0.2, 0.25) is 5.91 Å². The fraction of sp³-hybridized carbons (Fsp3) is 0.273. The molecular weight excluding hydrogens is 434 g/mol. The molecule has 7 nitrogen and oxygen atoms in total. The number of aromatic nitrogens is 2. The number of nitrogens with two attached hydrogens (primary N) is 1. The third-order valence-corrected chi connectivity index (χ3v) is 6.63. The minimum Gasteiger partial charge on any atom is -0.383 e. The fourth-order valence-corrected chi connectivity index (χ4v) is 4.80. The van der Waals surface area contributed by atoms with Crippen molar-refractivity contribution >= 4 is 57.9 Å². The molecule has 0 spiro atoms. The van der Waals surface area contributed by atoms with Crippen molar-refractivity contribution in [1.29, 1.82) is 0 Å². The van der Waals surface area contributed by atoms with E-state index in [2.05, 4.69) is 14.9 Å². The van der Waals surface area contributed by atoms with Gasteiger partial charge in [0.05, 0.1) is 15.9 Å². The Morgan fingerprint density at radius 2 is 2.13 bits per heavy atom. The van der Waals surface area contributed by atoms with Crippen molar-refractivity contribution in [3.05, 3.63) is 57.5 Å². The minimum absolute atomic E-state index is 0.0173. The van der Waals surface area contributed by atoms with Crippen molar-refractivity contribution in [2.75, 3.05) is 18.8 Å². The number of carbonyl (C=O) groups excluding carboxylic acids is 2. The molecule has 9 heteroatoms. The maximum absolute atomic E-state index is 12.7. The quantitative estimate of drug-likeness (QED) is 0.469. The van der Waals surface area contributed by atoms with Crippen LogP contribution < -0.4 is 5.73 Å². The zero-order chi connectivity index (χ0) is 22.0. The van der Waals surface area contributed by atoms with E-state index in [0.29, 0.717) is 29.8 Å². The van der Waals surface area contributed by atoms with Crippen LogP contribution in [0.2, 0.25) is 4.34 Å². The van der Waals surface area contributed by atoms with Crippen molar-refractivity contribution in [3.8, 4) is 0 Å². The lowest BCUT2D eigenvalue weighted by Gasteiger charge is -2.43. The summed E-state index contributed by atoms with van der Waals surface area (Å²) in [6, 6.07) is 9.15. The number of halogens is 1. The summed E-state index contributed by atoms with van der Waals surface area (Å²) in [7, 11) is 0. The molecule has 0 radical (unpaired) electrons. The Morgan fingerprint density at radius 1 is 1.29 bits per heavy atom. The number of carbonyl (C=O) groups is 2. The average Bonchev–Trinajstić information content (AvgIpc) is 3.18. The third-order valence-electron chi connectivity index (χ3n) is 5.43. The number of nitrogens with zero attached hydrogens (tertiary/aromatic N) is 4. The second kappa shape index (κ2) is 9.13. The molecule has 1 amide bonds. The summed E-state index contributed by atoms with van der Waals surface area (Å²) in [6.07, 6.45) is 5.66. The molecule has 2 unspecified atom stereocenters. The first-order valence-corrected chi connectivity index (χ1v) is 11.1. The van der Waals surface area contributed by atoms with E-state index in [-0.39, 0.29) is 18.0 Å². The van der Waals surface area contributed by atoms with Gasteiger partial charge in [0.25, 0.3) is 0 Å². The number of piperazine rings is 1. The highest BCUT2D eigenvalue weighted by Crippen LogP contribution is 2.24. The predicted octanol–water partition coefficient (Wildman–Crippen LogP) is 3.24. The van der Waals surface area contributed by atoms with E-state index in [1.807, 2.05) is 31.2 Å². The lowest BCUT2D eigenvalue weighted by molar-refractivity contribution is -0.132. The molecular formula is C22H22ClN5O2S. The summed E-state index contributed by atoms with van der Waals surface area (Å²) in [5.41, 5.74) is 7.70. The topological polar surface area (TPSA) is 92.4 Å². The fourth-order valence-electron chi connectivity index (χ4n) is 3.84. The zero-order valence-corrected chi connectivity index (χ0v) is 18.5. The van der Waals surface area contributed by atoms with Crippen LogP contribution in [0.15, 0.2) is 42.7 Å². The molecule has 0 saturated carbocycles. The van der Waals surface area contributed by atoms with Crippen molar-refractivity contribution in [2.45, 2.75) is 25.6 Å². The number of rotatable bonds is 5. The molecule has 4 rings (SSSR count). The maximum atomic E-state index is 12.7. The van der Waals surface area contributed by atoms with Crippen LogP contribution in [0.1, 0.15) is 17.4 Å². The molecule has 1 aliphatic rings. The van der Waals surface area contributed by atoms with E-state index < -0.39 is 0 Å². The standard InChI is InChI=1S/C22H22ClN5O2S/c1-14-9-27(21(30)7-4-17-3-6-20(23)31-17)11-16(12-29)28(14)10-15-2-5-18-19(8-15)25-13-26-22(18)24/h2-8,12-14,16H,9-11H2,1H3,(H2,24,25,26). The Balaban J connectivity index is 1.46. The molecule has 0 bridgehead atoms. The van der Waals surface area contributed by atoms with Crippen molar-refractivity contribution in [1.82, 2.24) is 19.8 Å². The van der Waals surface area contributed by atoms with Gasteiger partial charge in [-0.15, -0.1) is 11.3 Å². The van der Waals surface area contributed by atoms with Gasteiger partial charge in [-0.3, -0.25) is 9.69 Å². The summed E-state index contributed by atoms with van der Waals surface area (Å²) >= 11 is 7.35. The van der Waals surface area contributed by atoms with E-state index in [1.54, 1.807) is 23.1 Å². The third kappa shape index (κ3) is 4.76. The van der Waals surface area contributed by atoms with Crippen LogP contribution in [0.3, 0.4) is 0 Å². The normalized spacial score (nSPS) is 19.9. The van der Waals surface area contributed by atoms with Crippen LogP contribution in [0.25, 0.3) is 17.0 Å². The van der Waals surface area contributed by atoms with E-state index in [9.17, 15) is 9.59 Å². The number of aldehydes is 1. The van der Waals surface area contributed by atoms with Gasteiger partial charge in [-0.25, -0.2) is 9.97 Å². The highest BCUT2D eigenvalue weighted by Gasteiger charge is 2.33. The number of hydrogen-bond donors (Lipinski definition) is 1. The van der Waals surface area contributed by atoms with Crippen LogP contribution in [0, 0.1) is 0 Å². The molecule has 31 heavy (non-hydrogen) atoms. The summed E-state index contributed by atoms with van der Waals surface area (Å²) < 4.78 is 0.679. The van der Waals surface area contributed by atoms with Gasteiger partial charge < -0.3 is 15.4 Å². The van der Waals surface area contributed by atoms with E-state index in [1.165, 1.54) is 17.7 Å². The number of nitrogen functional groups attached to an aromatic ring is 1. The second-order valence-corrected chi connectivity index (χ2v) is 9.30. The molecule has 3 heterocycles. The van der Waals surface area contributed by atoms with Gasteiger partial charge >= 0.3 is 0 Å². The Labute approximate surface area is 189 Å². The van der Waals surface area contributed by atoms with Crippen LogP contribution in [0.4, 0.5) is 5.82 Å². The smallest absolute Gasteiger partial charge is 0.246 e. The monoisotopic (exact) mass is 455 g/mol. The number of anilines is 1. The second-order valence-electron chi connectivity index (χ2n) is 7.55. The molecule has 1 aliphatic heterocycles. The van der Waals surface area contributed by atoms with Crippen LogP contribution in [-0.4, -0.2) is 57.1 Å². The zero-order valence-electron chi connectivity index (χ0n) is 16.9. The van der Waals surface area contributed by atoms with Crippen molar-refractivity contribution in [2.24, 2.45) is 0 Å². The first-order chi connectivity index (χ1) is 14.9. The lowest BCUT2D eigenvalue weighted by atomic mass is 10.0. The molecule has 1 saturated heterocycles. The minimum atomic E-state index is -0.386. The Bertz CT molecular complexity index is 1150. The Morgan fingerprint density at radius 3 is 2.87 bits per heavy atom. The van der Waals surface area contributed by atoms with Crippen LogP contribution >= 0.6 is 22.9 Å². The van der Waals surface area contributed by atoms with Crippen LogP contribution in [0.5, 0.6) is 0 Å². The number of amides is 1. The first kappa shape index (κ1) is 21.4. The lowest BCUT2D eigenvalue weighted by Crippen LogP contribution is -2.58. The maximum Gasteiger partial charge on any atom is 0.246 e. The highest BCUT2D eigenvalue weighted by atomic mass is 35.5. The Kier molecular flexibility index (Phi) is 6.31. The molecule has 1 fully saturated rings. The SMILES string of the molecule is CC1CN(C(=O)C=Cc2ccc(Cl)s2)CC(C=O)N1Cc1ccc2c(N)ncnc2c1.